The Bertz CT molecular complexity index is 356. The quantitative estimate of drug-likeness (QED) is 0.421. The van der Waals surface area contributed by atoms with Crippen molar-refractivity contribution in [2.45, 2.75) is 6.92 Å². The van der Waals surface area contributed by atoms with Crippen LogP contribution in [-0.2, 0) is 4.74 Å². The Morgan fingerprint density at radius 1 is 1.47 bits per heavy atom. The zero-order valence-corrected chi connectivity index (χ0v) is 8.90. The molecular weight excluding hydrogens is 192 g/mol. The molecule has 1 rings (SSSR count). The predicted molar refractivity (Wildman–Crippen MR) is 58.1 cm³/mol. The fourth-order valence-electron chi connectivity index (χ4n) is 1.08. The number of hydrogen-bond acceptors (Lipinski definition) is 3. The first-order chi connectivity index (χ1) is 7.27. The Labute approximate surface area is 89.3 Å². The predicted octanol–water partition coefficient (Wildman–Crippen LogP) is 2.43. The smallest absolute Gasteiger partial charge is 0.189 e. The minimum Gasteiger partial charge on any atom is -0.501 e. The molecule has 3 heteroatoms. The molecule has 15 heavy (non-hydrogen) atoms. The zero-order valence-electron chi connectivity index (χ0n) is 8.90. The van der Waals surface area contributed by atoms with E-state index in [-0.39, 0.29) is 5.78 Å². The first kappa shape index (κ1) is 11.3. The van der Waals surface area contributed by atoms with Crippen molar-refractivity contribution in [3.8, 4) is 5.75 Å². The zero-order chi connectivity index (χ0) is 11.1. The van der Waals surface area contributed by atoms with Gasteiger partial charge < -0.3 is 9.47 Å². The van der Waals surface area contributed by atoms with Crippen molar-refractivity contribution in [1.82, 2.24) is 0 Å². The molecule has 0 heterocycles. The number of carbonyl (C=O) groups excluding carboxylic acids is 1. The SMILES string of the molecule is CCOC=CC(=O)c1cccc(OC)c1. The van der Waals surface area contributed by atoms with Crippen LogP contribution in [0.25, 0.3) is 0 Å². The molecule has 0 radical (unpaired) electrons. The highest BCUT2D eigenvalue weighted by molar-refractivity contribution is 6.04. The summed E-state index contributed by atoms with van der Waals surface area (Å²) in [6.07, 6.45) is 2.81. The van der Waals surface area contributed by atoms with E-state index in [9.17, 15) is 4.79 Å². The molecule has 0 N–H and O–H groups in total. The first-order valence-electron chi connectivity index (χ1n) is 4.74. The number of hydrogen-bond donors (Lipinski definition) is 0. The lowest BCUT2D eigenvalue weighted by Gasteiger charge is -2.00. The summed E-state index contributed by atoms with van der Waals surface area (Å²) in [6.45, 7) is 2.42. The van der Waals surface area contributed by atoms with Gasteiger partial charge in [-0.05, 0) is 19.1 Å². The second-order valence-electron chi connectivity index (χ2n) is 2.85. The summed E-state index contributed by atoms with van der Waals surface area (Å²) in [5, 5.41) is 0. The van der Waals surface area contributed by atoms with Crippen molar-refractivity contribution in [3.05, 3.63) is 42.2 Å². The van der Waals surface area contributed by atoms with Gasteiger partial charge in [-0.3, -0.25) is 4.79 Å². The van der Waals surface area contributed by atoms with Gasteiger partial charge in [0.2, 0.25) is 0 Å². The third-order valence-corrected chi connectivity index (χ3v) is 1.84. The second kappa shape index (κ2) is 5.86. The minimum atomic E-state index is -0.0950. The lowest BCUT2D eigenvalue weighted by atomic mass is 10.1. The van der Waals surface area contributed by atoms with Crippen LogP contribution < -0.4 is 4.74 Å². The molecule has 1 aromatic rings. The molecule has 0 spiro atoms. The molecule has 0 aromatic heterocycles. The normalized spacial score (nSPS) is 10.3. The number of ketones is 1. The van der Waals surface area contributed by atoms with Crippen LogP contribution in [0.15, 0.2) is 36.6 Å². The molecule has 0 aliphatic heterocycles. The Hall–Kier alpha value is -1.77. The van der Waals surface area contributed by atoms with E-state index in [1.807, 2.05) is 6.92 Å². The fourth-order valence-corrected chi connectivity index (χ4v) is 1.08. The number of methoxy groups -OCH3 is 1. The molecule has 0 saturated carbocycles. The van der Waals surface area contributed by atoms with Crippen molar-refractivity contribution in [3.63, 3.8) is 0 Å². The summed E-state index contributed by atoms with van der Waals surface area (Å²) >= 11 is 0. The van der Waals surface area contributed by atoms with Crippen LogP contribution in [0.3, 0.4) is 0 Å². The number of rotatable bonds is 5. The summed E-state index contributed by atoms with van der Waals surface area (Å²) in [5.41, 5.74) is 0.588. The summed E-state index contributed by atoms with van der Waals surface area (Å²) in [5.74, 6) is 0.577. The Morgan fingerprint density at radius 2 is 2.27 bits per heavy atom. The molecule has 0 aliphatic rings. The van der Waals surface area contributed by atoms with Crippen molar-refractivity contribution in [2.24, 2.45) is 0 Å². The second-order valence-corrected chi connectivity index (χ2v) is 2.85. The van der Waals surface area contributed by atoms with Crippen LogP contribution in [0, 0.1) is 0 Å². The highest BCUT2D eigenvalue weighted by Crippen LogP contribution is 2.13. The van der Waals surface area contributed by atoms with Crippen LogP contribution in [0.1, 0.15) is 17.3 Å². The average Bonchev–Trinajstić information content (AvgIpc) is 2.29. The standard InChI is InChI=1S/C12H14O3/c1-3-15-8-7-12(13)10-5-4-6-11(9-10)14-2/h4-9H,3H2,1-2H3. The van der Waals surface area contributed by atoms with Gasteiger partial charge >= 0.3 is 0 Å². The van der Waals surface area contributed by atoms with E-state index in [4.69, 9.17) is 9.47 Å². The topological polar surface area (TPSA) is 35.5 Å². The van der Waals surface area contributed by atoms with Crippen LogP contribution >= 0.6 is 0 Å². The largest absolute Gasteiger partial charge is 0.501 e. The molecular formula is C12H14O3. The minimum absolute atomic E-state index is 0.0950. The van der Waals surface area contributed by atoms with Gasteiger partial charge in [0, 0.05) is 11.6 Å². The van der Waals surface area contributed by atoms with Crippen molar-refractivity contribution in [1.29, 1.82) is 0 Å². The third-order valence-electron chi connectivity index (χ3n) is 1.84. The maximum Gasteiger partial charge on any atom is 0.189 e. The number of allylic oxidation sites excluding steroid dienone is 1. The summed E-state index contributed by atoms with van der Waals surface area (Å²) in [4.78, 5) is 11.6. The fraction of sp³-hybridized carbons (Fsp3) is 0.250. The van der Waals surface area contributed by atoms with E-state index in [2.05, 4.69) is 0 Å². The van der Waals surface area contributed by atoms with Gasteiger partial charge in [-0.25, -0.2) is 0 Å². The van der Waals surface area contributed by atoms with Crippen molar-refractivity contribution in [2.75, 3.05) is 13.7 Å². The van der Waals surface area contributed by atoms with Gasteiger partial charge in [-0.15, -0.1) is 0 Å². The van der Waals surface area contributed by atoms with E-state index >= 15 is 0 Å². The average molecular weight is 206 g/mol. The lowest BCUT2D eigenvalue weighted by molar-refractivity contribution is 0.104. The van der Waals surface area contributed by atoms with Gasteiger partial charge in [-0.1, -0.05) is 12.1 Å². The van der Waals surface area contributed by atoms with Crippen molar-refractivity contribution >= 4 is 5.78 Å². The van der Waals surface area contributed by atoms with Crippen LogP contribution in [0.5, 0.6) is 5.75 Å². The Morgan fingerprint density at radius 3 is 2.93 bits per heavy atom. The molecule has 0 atom stereocenters. The Balaban J connectivity index is 2.73. The molecule has 1 aromatic carbocycles. The van der Waals surface area contributed by atoms with E-state index in [1.54, 1.807) is 31.4 Å². The van der Waals surface area contributed by atoms with E-state index in [0.717, 1.165) is 0 Å². The van der Waals surface area contributed by atoms with Crippen LogP contribution in [-0.4, -0.2) is 19.5 Å². The Kier molecular flexibility index (Phi) is 4.41. The molecule has 3 nitrogen and oxygen atoms in total. The molecule has 80 valence electrons. The summed E-state index contributed by atoms with van der Waals surface area (Å²) in [7, 11) is 1.57. The first-order valence-corrected chi connectivity index (χ1v) is 4.74. The molecule has 0 amide bonds. The van der Waals surface area contributed by atoms with E-state index in [1.165, 1.54) is 12.3 Å². The van der Waals surface area contributed by atoms with Gasteiger partial charge in [0.1, 0.15) is 5.75 Å². The number of carbonyl (C=O) groups is 1. The monoisotopic (exact) mass is 206 g/mol. The summed E-state index contributed by atoms with van der Waals surface area (Å²) < 4.78 is 9.97. The maximum atomic E-state index is 11.6. The lowest BCUT2D eigenvalue weighted by Crippen LogP contribution is -1.95. The van der Waals surface area contributed by atoms with Crippen LogP contribution in [0.4, 0.5) is 0 Å². The van der Waals surface area contributed by atoms with Gasteiger partial charge in [0.25, 0.3) is 0 Å². The number of benzene rings is 1. The van der Waals surface area contributed by atoms with Crippen LogP contribution in [0.2, 0.25) is 0 Å². The maximum absolute atomic E-state index is 11.6. The van der Waals surface area contributed by atoms with Gasteiger partial charge in [0.15, 0.2) is 5.78 Å². The highest BCUT2D eigenvalue weighted by atomic mass is 16.5. The van der Waals surface area contributed by atoms with Crippen molar-refractivity contribution < 1.29 is 14.3 Å². The summed E-state index contributed by atoms with van der Waals surface area (Å²) in [6, 6.07) is 7.00. The molecule has 0 fully saturated rings. The van der Waals surface area contributed by atoms with Gasteiger partial charge in [0.05, 0.1) is 20.0 Å². The molecule has 0 aliphatic carbocycles. The highest BCUT2D eigenvalue weighted by Gasteiger charge is 2.02. The molecule has 0 bridgehead atoms. The van der Waals surface area contributed by atoms with E-state index < -0.39 is 0 Å². The molecule has 0 saturated heterocycles. The van der Waals surface area contributed by atoms with Gasteiger partial charge in [-0.2, -0.15) is 0 Å². The molecule has 0 unspecified atom stereocenters. The number of ether oxygens (including phenoxy) is 2. The third kappa shape index (κ3) is 3.46. The van der Waals surface area contributed by atoms with E-state index in [0.29, 0.717) is 17.9 Å².